The summed E-state index contributed by atoms with van der Waals surface area (Å²) in [6.45, 7) is 3.89. The number of ether oxygens (including phenoxy) is 1. The minimum absolute atomic E-state index is 0.0814. The highest BCUT2D eigenvalue weighted by Gasteiger charge is 2.32. The molecule has 1 amide bonds. The number of carbonyl (C=O) groups is 1. The van der Waals surface area contributed by atoms with Gasteiger partial charge in [-0.2, -0.15) is 0 Å². The summed E-state index contributed by atoms with van der Waals surface area (Å²) in [5.41, 5.74) is 8.01. The maximum absolute atomic E-state index is 12.1. The van der Waals surface area contributed by atoms with E-state index >= 15 is 0 Å². The van der Waals surface area contributed by atoms with Gasteiger partial charge < -0.3 is 15.8 Å². The number of nitrogens with one attached hydrogen (secondary N) is 1. The van der Waals surface area contributed by atoms with Crippen LogP contribution in [0.3, 0.4) is 0 Å². The predicted molar refractivity (Wildman–Crippen MR) is 79.5 cm³/mol. The second kappa shape index (κ2) is 6.86. The van der Waals surface area contributed by atoms with Crippen LogP contribution in [0.4, 0.5) is 0 Å². The minimum Gasteiger partial charge on any atom is -0.381 e. The van der Waals surface area contributed by atoms with Crippen LogP contribution in [0.25, 0.3) is 0 Å². The Kier molecular flexibility index (Phi) is 5.15. The van der Waals surface area contributed by atoms with Crippen LogP contribution in [-0.4, -0.2) is 31.2 Å². The van der Waals surface area contributed by atoms with Crippen molar-refractivity contribution < 1.29 is 9.53 Å². The van der Waals surface area contributed by atoms with Gasteiger partial charge in [-0.05, 0) is 31.7 Å². The monoisotopic (exact) mass is 276 g/mol. The molecule has 0 saturated carbocycles. The van der Waals surface area contributed by atoms with E-state index in [1.54, 1.807) is 0 Å². The summed E-state index contributed by atoms with van der Waals surface area (Å²) in [5, 5.41) is 3.12. The van der Waals surface area contributed by atoms with Crippen LogP contribution in [0.2, 0.25) is 0 Å². The van der Waals surface area contributed by atoms with Gasteiger partial charge in [-0.1, -0.05) is 29.8 Å². The first-order valence-electron chi connectivity index (χ1n) is 7.28. The van der Waals surface area contributed by atoms with Crippen molar-refractivity contribution in [2.75, 3.05) is 19.8 Å². The molecule has 0 spiro atoms. The minimum atomic E-state index is -0.261. The van der Waals surface area contributed by atoms with E-state index in [0.717, 1.165) is 19.3 Å². The zero-order valence-electron chi connectivity index (χ0n) is 12.2. The Morgan fingerprint density at radius 2 is 1.95 bits per heavy atom. The summed E-state index contributed by atoms with van der Waals surface area (Å²) in [7, 11) is 0. The zero-order valence-corrected chi connectivity index (χ0v) is 12.2. The third-order valence-corrected chi connectivity index (χ3v) is 4.01. The number of nitrogens with two attached hydrogens (primary N) is 1. The molecule has 2 rings (SSSR count). The Morgan fingerprint density at radius 1 is 1.30 bits per heavy atom. The van der Waals surface area contributed by atoms with E-state index in [9.17, 15) is 4.79 Å². The fourth-order valence-corrected chi connectivity index (χ4v) is 2.51. The number of benzene rings is 1. The van der Waals surface area contributed by atoms with Gasteiger partial charge in [-0.25, -0.2) is 0 Å². The van der Waals surface area contributed by atoms with E-state index in [1.165, 1.54) is 11.1 Å². The molecule has 0 atom stereocenters. The molecule has 4 heteroatoms. The number of hydrogen-bond donors (Lipinski definition) is 2. The standard InChI is InChI=1S/C16H24N2O2/c1-13-2-4-14(5-3-13)6-7-15(19)18-16(12-17)8-10-20-11-9-16/h2-5H,6-12,17H2,1H3,(H,18,19). The molecule has 0 radical (unpaired) electrons. The van der Waals surface area contributed by atoms with Crippen molar-refractivity contribution >= 4 is 5.91 Å². The van der Waals surface area contributed by atoms with Gasteiger partial charge in [0.05, 0.1) is 5.54 Å². The molecule has 1 fully saturated rings. The molecule has 1 aliphatic heterocycles. The maximum Gasteiger partial charge on any atom is 0.220 e. The number of hydrogen-bond acceptors (Lipinski definition) is 3. The van der Waals surface area contributed by atoms with Crippen molar-refractivity contribution in [2.24, 2.45) is 5.73 Å². The van der Waals surface area contributed by atoms with Crippen LogP contribution < -0.4 is 11.1 Å². The molecule has 1 heterocycles. The lowest BCUT2D eigenvalue weighted by atomic mass is 9.90. The van der Waals surface area contributed by atoms with Gasteiger partial charge in [0.15, 0.2) is 0 Å². The third kappa shape index (κ3) is 4.05. The summed E-state index contributed by atoms with van der Waals surface area (Å²) < 4.78 is 5.34. The van der Waals surface area contributed by atoms with Gasteiger partial charge in [-0.15, -0.1) is 0 Å². The largest absolute Gasteiger partial charge is 0.381 e. The van der Waals surface area contributed by atoms with Crippen molar-refractivity contribution in [2.45, 2.75) is 38.1 Å². The lowest BCUT2D eigenvalue weighted by Crippen LogP contribution is -2.56. The Bertz CT molecular complexity index is 436. The predicted octanol–water partition coefficient (Wildman–Crippen LogP) is 1.55. The maximum atomic E-state index is 12.1. The fourth-order valence-electron chi connectivity index (χ4n) is 2.51. The van der Waals surface area contributed by atoms with Crippen LogP contribution in [0.1, 0.15) is 30.4 Å². The van der Waals surface area contributed by atoms with Crippen molar-refractivity contribution in [1.29, 1.82) is 0 Å². The molecule has 1 aromatic carbocycles. The Balaban J connectivity index is 1.83. The SMILES string of the molecule is Cc1ccc(CCC(=O)NC2(CN)CCOCC2)cc1. The van der Waals surface area contributed by atoms with E-state index in [-0.39, 0.29) is 11.4 Å². The molecule has 0 aliphatic carbocycles. The van der Waals surface area contributed by atoms with E-state index in [1.807, 2.05) is 0 Å². The number of aryl methyl sites for hydroxylation is 2. The van der Waals surface area contributed by atoms with Crippen LogP contribution in [0.15, 0.2) is 24.3 Å². The highest BCUT2D eigenvalue weighted by atomic mass is 16.5. The average molecular weight is 276 g/mol. The molecular weight excluding hydrogens is 252 g/mol. The molecule has 0 unspecified atom stereocenters. The van der Waals surface area contributed by atoms with Crippen LogP contribution in [-0.2, 0) is 16.0 Å². The number of carbonyl (C=O) groups excluding carboxylic acids is 1. The van der Waals surface area contributed by atoms with Crippen LogP contribution in [0.5, 0.6) is 0 Å². The second-order valence-corrected chi connectivity index (χ2v) is 5.63. The molecule has 20 heavy (non-hydrogen) atoms. The van der Waals surface area contributed by atoms with E-state index in [0.29, 0.717) is 26.2 Å². The van der Waals surface area contributed by atoms with Gasteiger partial charge in [-0.3, -0.25) is 4.79 Å². The molecule has 110 valence electrons. The molecule has 4 nitrogen and oxygen atoms in total. The fraction of sp³-hybridized carbons (Fsp3) is 0.562. The van der Waals surface area contributed by atoms with E-state index in [4.69, 9.17) is 10.5 Å². The first-order valence-corrected chi connectivity index (χ1v) is 7.28. The Morgan fingerprint density at radius 3 is 2.55 bits per heavy atom. The van der Waals surface area contributed by atoms with Crippen LogP contribution >= 0.6 is 0 Å². The molecule has 0 aromatic heterocycles. The topological polar surface area (TPSA) is 64.4 Å². The third-order valence-electron chi connectivity index (χ3n) is 4.01. The van der Waals surface area contributed by atoms with Crippen molar-refractivity contribution in [3.8, 4) is 0 Å². The quantitative estimate of drug-likeness (QED) is 0.857. The van der Waals surface area contributed by atoms with Gasteiger partial charge >= 0.3 is 0 Å². The van der Waals surface area contributed by atoms with Gasteiger partial charge in [0.1, 0.15) is 0 Å². The lowest BCUT2D eigenvalue weighted by molar-refractivity contribution is -0.124. The smallest absolute Gasteiger partial charge is 0.220 e. The zero-order chi connectivity index (χ0) is 14.4. The van der Waals surface area contributed by atoms with Crippen molar-refractivity contribution in [1.82, 2.24) is 5.32 Å². The summed E-state index contributed by atoms with van der Waals surface area (Å²) in [6.07, 6.45) is 2.88. The molecule has 1 aliphatic rings. The second-order valence-electron chi connectivity index (χ2n) is 5.63. The Labute approximate surface area is 120 Å². The highest BCUT2D eigenvalue weighted by Crippen LogP contribution is 2.19. The van der Waals surface area contributed by atoms with E-state index < -0.39 is 0 Å². The van der Waals surface area contributed by atoms with Crippen molar-refractivity contribution in [3.05, 3.63) is 35.4 Å². The summed E-state index contributed by atoms with van der Waals surface area (Å²) >= 11 is 0. The normalized spacial score (nSPS) is 17.7. The van der Waals surface area contributed by atoms with Gasteiger partial charge in [0.25, 0.3) is 0 Å². The molecule has 1 aromatic rings. The highest BCUT2D eigenvalue weighted by molar-refractivity contribution is 5.77. The van der Waals surface area contributed by atoms with Crippen LogP contribution in [0, 0.1) is 6.92 Å². The molecule has 0 bridgehead atoms. The summed E-state index contributed by atoms with van der Waals surface area (Å²) in [6, 6.07) is 8.31. The Hall–Kier alpha value is -1.39. The molecule has 3 N–H and O–H groups in total. The number of amides is 1. The summed E-state index contributed by atoms with van der Waals surface area (Å²) in [4.78, 5) is 12.1. The van der Waals surface area contributed by atoms with Gasteiger partial charge in [0, 0.05) is 26.2 Å². The van der Waals surface area contributed by atoms with Crippen molar-refractivity contribution in [3.63, 3.8) is 0 Å². The van der Waals surface area contributed by atoms with E-state index in [2.05, 4.69) is 36.5 Å². The number of rotatable bonds is 5. The first kappa shape index (κ1) is 15.0. The lowest BCUT2D eigenvalue weighted by Gasteiger charge is -2.37. The molecular formula is C16H24N2O2. The first-order chi connectivity index (χ1) is 9.63. The van der Waals surface area contributed by atoms with Gasteiger partial charge in [0.2, 0.25) is 5.91 Å². The molecule has 1 saturated heterocycles. The summed E-state index contributed by atoms with van der Waals surface area (Å²) in [5.74, 6) is 0.0814. The average Bonchev–Trinajstić information content (AvgIpc) is 2.47.